The Labute approximate surface area is 150 Å². The van der Waals surface area contributed by atoms with Crippen LogP contribution in [0.2, 0.25) is 0 Å². The Bertz CT molecular complexity index is 844. The topological polar surface area (TPSA) is 111 Å². The number of nitrogens with zero attached hydrogens (tertiary/aromatic N) is 5. The molecule has 1 atom stereocenters. The van der Waals surface area contributed by atoms with E-state index in [1.165, 1.54) is 0 Å². The number of nitrogens with one attached hydrogen (secondary N) is 2. The van der Waals surface area contributed by atoms with E-state index in [1.807, 2.05) is 29.7 Å². The molecule has 9 heteroatoms. The molecule has 0 aliphatic rings. The number of hydrogen-bond donors (Lipinski definition) is 2. The Kier molecular flexibility index (Phi) is 5.69. The number of rotatable bonds is 8. The summed E-state index contributed by atoms with van der Waals surface area (Å²) in [6, 6.07) is 6.91. The van der Waals surface area contributed by atoms with Gasteiger partial charge in [0, 0.05) is 26.5 Å². The molecule has 0 spiro atoms. The second-order valence-corrected chi connectivity index (χ2v) is 5.81. The first-order chi connectivity index (χ1) is 12.7. The number of amides is 1. The maximum atomic E-state index is 12.5. The first kappa shape index (κ1) is 17.7. The van der Waals surface area contributed by atoms with Crippen LogP contribution in [0.15, 0.2) is 36.8 Å². The molecule has 3 heterocycles. The van der Waals surface area contributed by atoms with Gasteiger partial charge in [-0.3, -0.25) is 14.9 Å². The van der Waals surface area contributed by atoms with Crippen molar-refractivity contribution in [2.45, 2.75) is 25.9 Å². The average molecular weight is 355 g/mol. The molecule has 1 amide bonds. The first-order valence-electron chi connectivity index (χ1n) is 8.33. The summed E-state index contributed by atoms with van der Waals surface area (Å²) in [7, 11) is 1.67. The van der Waals surface area contributed by atoms with E-state index in [9.17, 15) is 4.79 Å². The highest BCUT2D eigenvalue weighted by atomic mass is 16.5. The third kappa shape index (κ3) is 4.12. The molecule has 0 bridgehead atoms. The van der Waals surface area contributed by atoms with E-state index in [4.69, 9.17) is 4.74 Å². The molecule has 2 N–H and O–H groups in total. The lowest BCUT2D eigenvalue weighted by Crippen LogP contribution is -2.29. The SMILES string of the molecule is COCCCn1cnnc1[C@H](C)NC(=O)c1cc(-c2ccccn2)n[nH]1. The van der Waals surface area contributed by atoms with Crippen molar-refractivity contribution in [1.82, 2.24) is 35.3 Å². The first-order valence-corrected chi connectivity index (χ1v) is 8.33. The highest BCUT2D eigenvalue weighted by Gasteiger charge is 2.18. The molecule has 9 nitrogen and oxygen atoms in total. The summed E-state index contributed by atoms with van der Waals surface area (Å²) in [5.41, 5.74) is 1.68. The normalized spacial score (nSPS) is 12.1. The van der Waals surface area contributed by atoms with Gasteiger partial charge < -0.3 is 14.6 Å². The Morgan fingerprint density at radius 3 is 3.04 bits per heavy atom. The minimum Gasteiger partial charge on any atom is -0.385 e. The fourth-order valence-electron chi connectivity index (χ4n) is 2.57. The van der Waals surface area contributed by atoms with Crippen molar-refractivity contribution in [2.75, 3.05) is 13.7 Å². The van der Waals surface area contributed by atoms with Crippen molar-refractivity contribution in [3.05, 3.63) is 48.3 Å². The van der Waals surface area contributed by atoms with Crippen LogP contribution in [-0.4, -0.2) is 49.6 Å². The zero-order valence-corrected chi connectivity index (χ0v) is 14.7. The molecule has 0 saturated carbocycles. The standard InChI is InChI=1S/C17H21N7O2/c1-12(16-23-19-11-24(16)8-5-9-26-2)20-17(25)15-10-14(21-22-15)13-6-3-4-7-18-13/h3-4,6-7,10-12H,5,8-9H2,1-2H3,(H,20,25)(H,21,22)/t12-/m0/s1. The second-order valence-electron chi connectivity index (χ2n) is 5.81. The predicted molar refractivity (Wildman–Crippen MR) is 94.2 cm³/mol. The van der Waals surface area contributed by atoms with E-state index in [0.717, 1.165) is 13.0 Å². The van der Waals surface area contributed by atoms with Crippen molar-refractivity contribution < 1.29 is 9.53 Å². The summed E-state index contributed by atoms with van der Waals surface area (Å²) >= 11 is 0. The molecule has 0 fully saturated rings. The minimum absolute atomic E-state index is 0.265. The highest BCUT2D eigenvalue weighted by molar-refractivity contribution is 5.93. The lowest BCUT2D eigenvalue weighted by Gasteiger charge is -2.14. The van der Waals surface area contributed by atoms with Gasteiger partial charge in [0.1, 0.15) is 17.7 Å². The zero-order valence-electron chi connectivity index (χ0n) is 14.7. The number of pyridine rings is 1. The number of methoxy groups -OCH3 is 1. The fourth-order valence-corrected chi connectivity index (χ4v) is 2.57. The number of aromatic nitrogens is 6. The van der Waals surface area contributed by atoms with Crippen molar-refractivity contribution >= 4 is 5.91 Å². The number of carbonyl (C=O) groups is 1. The van der Waals surface area contributed by atoms with Crippen LogP contribution in [0, 0.1) is 0 Å². The molecule has 0 aliphatic carbocycles. The largest absolute Gasteiger partial charge is 0.385 e. The Hall–Kier alpha value is -3.07. The minimum atomic E-state index is -0.297. The van der Waals surface area contributed by atoms with Gasteiger partial charge in [0.2, 0.25) is 0 Å². The second kappa shape index (κ2) is 8.34. The van der Waals surface area contributed by atoms with E-state index in [1.54, 1.807) is 25.7 Å². The van der Waals surface area contributed by atoms with Crippen LogP contribution in [0.1, 0.15) is 35.7 Å². The Morgan fingerprint density at radius 1 is 1.38 bits per heavy atom. The van der Waals surface area contributed by atoms with Crippen LogP contribution >= 0.6 is 0 Å². The number of aryl methyl sites for hydroxylation is 1. The summed E-state index contributed by atoms with van der Waals surface area (Å²) in [5.74, 6) is 0.428. The Morgan fingerprint density at radius 2 is 2.27 bits per heavy atom. The maximum Gasteiger partial charge on any atom is 0.269 e. The van der Waals surface area contributed by atoms with E-state index in [2.05, 4.69) is 30.7 Å². The van der Waals surface area contributed by atoms with Gasteiger partial charge in [-0.1, -0.05) is 6.07 Å². The van der Waals surface area contributed by atoms with Gasteiger partial charge in [-0.05, 0) is 31.5 Å². The molecule has 0 aromatic carbocycles. The summed E-state index contributed by atoms with van der Waals surface area (Å²) in [6.07, 6.45) is 4.18. The molecule has 3 aromatic heterocycles. The van der Waals surface area contributed by atoms with Gasteiger partial charge in [0.15, 0.2) is 5.82 Å². The van der Waals surface area contributed by atoms with E-state index in [0.29, 0.717) is 29.5 Å². The van der Waals surface area contributed by atoms with Crippen LogP contribution in [-0.2, 0) is 11.3 Å². The molecule has 3 rings (SSSR count). The summed E-state index contributed by atoms with van der Waals surface area (Å²) in [5, 5.41) is 17.9. The van der Waals surface area contributed by atoms with Gasteiger partial charge in [0.05, 0.1) is 11.7 Å². The van der Waals surface area contributed by atoms with Gasteiger partial charge in [-0.15, -0.1) is 10.2 Å². The molecular formula is C17H21N7O2. The van der Waals surface area contributed by atoms with Crippen LogP contribution in [0.5, 0.6) is 0 Å². The quantitative estimate of drug-likeness (QED) is 0.594. The van der Waals surface area contributed by atoms with Crippen molar-refractivity contribution in [1.29, 1.82) is 0 Å². The lowest BCUT2D eigenvalue weighted by atomic mass is 10.2. The van der Waals surface area contributed by atoms with Crippen molar-refractivity contribution in [3.63, 3.8) is 0 Å². The third-order valence-corrected chi connectivity index (χ3v) is 3.88. The Balaban J connectivity index is 1.65. The molecular weight excluding hydrogens is 334 g/mol. The predicted octanol–water partition coefficient (Wildman–Crippen LogP) is 1.59. The summed E-state index contributed by atoms with van der Waals surface area (Å²) in [6.45, 7) is 3.25. The molecule has 26 heavy (non-hydrogen) atoms. The molecule has 136 valence electrons. The van der Waals surface area contributed by atoms with Gasteiger partial charge in [-0.25, -0.2) is 0 Å². The zero-order chi connectivity index (χ0) is 18.4. The molecule has 3 aromatic rings. The number of ether oxygens (including phenoxy) is 1. The van der Waals surface area contributed by atoms with E-state index in [-0.39, 0.29) is 11.9 Å². The van der Waals surface area contributed by atoms with E-state index >= 15 is 0 Å². The number of H-pyrrole nitrogens is 1. The fraction of sp³-hybridized carbons (Fsp3) is 0.353. The number of aromatic amines is 1. The third-order valence-electron chi connectivity index (χ3n) is 3.88. The van der Waals surface area contributed by atoms with Crippen LogP contribution in [0.25, 0.3) is 11.4 Å². The highest BCUT2D eigenvalue weighted by Crippen LogP contribution is 2.15. The number of hydrogen-bond acceptors (Lipinski definition) is 6. The lowest BCUT2D eigenvalue weighted by molar-refractivity contribution is 0.0932. The van der Waals surface area contributed by atoms with Gasteiger partial charge in [-0.2, -0.15) is 5.10 Å². The average Bonchev–Trinajstić information content (AvgIpc) is 3.32. The summed E-state index contributed by atoms with van der Waals surface area (Å²) < 4.78 is 6.97. The summed E-state index contributed by atoms with van der Waals surface area (Å²) in [4.78, 5) is 16.7. The van der Waals surface area contributed by atoms with Gasteiger partial charge >= 0.3 is 0 Å². The molecule has 0 radical (unpaired) electrons. The molecule has 0 saturated heterocycles. The van der Waals surface area contributed by atoms with Gasteiger partial charge in [0.25, 0.3) is 5.91 Å². The van der Waals surface area contributed by atoms with E-state index < -0.39 is 0 Å². The molecule has 0 unspecified atom stereocenters. The smallest absolute Gasteiger partial charge is 0.269 e. The van der Waals surface area contributed by atoms with Crippen molar-refractivity contribution in [3.8, 4) is 11.4 Å². The van der Waals surface area contributed by atoms with Crippen LogP contribution in [0.4, 0.5) is 0 Å². The monoisotopic (exact) mass is 355 g/mol. The van der Waals surface area contributed by atoms with Crippen LogP contribution < -0.4 is 5.32 Å². The number of carbonyl (C=O) groups excluding carboxylic acids is 1. The molecule has 0 aliphatic heterocycles. The van der Waals surface area contributed by atoms with Crippen molar-refractivity contribution in [2.24, 2.45) is 0 Å². The maximum absolute atomic E-state index is 12.5. The van der Waals surface area contributed by atoms with Crippen LogP contribution in [0.3, 0.4) is 0 Å².